The van der Waals surface area contributed by atoms with Crippen LogP contribution in [0, 0.1) is 0 Å². The van der Waals surface area contributed by atoms with Crippen LogP contribution in [0.4, 0.5) is 0 Å². The number of ether oxygens (including phenoxy) is 2. The second-order valence-electron chi connectivity index (χ2n) is 4.97. The van der Waals surface area contributed by atoms with Gasteiger partial charge in [-0.1, -0.05) is 6.07 Å². The summed E-state index contributed by atoms with van der Waals surface area (Å²) in [7, 11) is 0. The van der Waals surface area contributed by atoms with Gasteiger partial charge < -0.3 is 15.2 Å². The van der Waals surface area contributed by atoms with Crippen LogP contribution in [-0.2, 0) is 6.42 Å². The molecule has 0 fully saturated rings. The fraction of sp³-hybridized carbons (Fsp3) is 0.538. The summed E-state index contributed by atoms with van der Waals surface area (Å²) in [5.74, 6) is 1.71. The van der Waals surface area contributed by atoms with Crippen LogP contribution in [0.25, 0.3) is 0 Å². The number of nitrogens with two attached hydrogens (primary N) is 1. The molecule has 3 nitrogen and oxygen atoms in total. The molecule has 1 aromatic rings. The molecule has 16 heavy (non-hydrogen) atoms. The highest BCUT2D eigenvalue weighted by Gasteiger charge is 2.14. The van der Waals surface area contributed by atoms with E-state index in [1.807, 2.05) is 19.9 Å². The first kappa shape index (κ1) is 11.3. The topological polar surface area (TPSA) is 44.5 Å². The van der Waals surface area contributed by atoms with Crippen molar-refractivity contribution in [1.29, 1.82) is 0 Å². The summed E-state index contributed by atoms with van der Waals surface area (Å²) in [5, 5.41) is 0. The Morgan fingerprint density at radius 1 is 1.19 bits per heavy atom. The van der Waals surface area contributed by atoms with Crippen LogP contribution in [0.2, 0.25) is 0 Å². The van der Waals surface area contributed by atoms with Crippen LogP contribution >= 0.6 is 0 Å². The van der Waals surface area contributed by atoms with E-state index in [2.05, 4.69) is 12.1 Å². The van der Waals surface area contributed by atoms with Crippen molar-refractivity contribution in [2.24, 2.45) is 5.73 Å². The highest BCUT2D eigenvalue weighted by atomic mass is 16.6. The van der Waals surface area contributed by atoms with Gasteiger partial charge in [0, 0.05) is 5.54 Å². The van der Waals surface area contributed by atoms with Crippen LogP contribution in [-0.4, -0.2) is 18.8 Å². The van der Waals surface area contributed by atoms with Crippen LogP contribution in [0.1, 0.15) is 25.8 Å². The number of rotatable bonds is 3. The second-order valence-corrected chi connectivity index (χ2v) is 4.97. The molecule has 0 spiro atoms. The average Bonchev–Trinajstić information content (AvgIpc) is 2.25. The van der Waals surface area contributed by atoms with Gasteiger partial charge in [0.25, 0.3) is 0 Å². The molecule has 1 aliphatic heterocycles. The van der Waals surface area contributed by atoms with E-state index < -0.39 is 0 Å². The molecule has 88 valence electrons. The van der Waals surface area contributed by atoms with Gasteiger partial charge in [-0.2, -0.15) is 0 Å². The van der Waals surface area contributed by atoms with Gasteiger partial charge in [-0.3, -0.25) is 0 Å². The molecule has 3 heteroatoms. The predicted octanol–water partition coefficient (Wildman–Crippen LogP) is 2.13. The maximum Gasteiger partial charge on any atom is 0.161 e. The van der Waals surface area contributed by atoms with Crippen LogP contribution < -0.4 is 15.2 Å². The fourth-order valence-corrected chi connectivity index (χ4v) is 1.71. The van der Waals surface area contributed by atoms with E-state index in [1.54, 1.807) is 0 Å². The van der Waals surface area contributed by atoms with Crippen molar-refractivity contribution in [3.8, 4) is 11.5 Å². The SMILES string of the molecule is CC(C)(N)CCc1ccc2c(c1)OCCO2. The van der Waals surface area contributed by atoms with E-state index >= 15 is 0 Å². The summed E-state index contributed by atoms with van der Waals surface area (Å²) in [6, 6.07) is 6.12. The molecule has 0 radical (unpaired) electrons. The lowest BCUT2D eigenvalue weighted by molar-refractivity contribution is 0.171. The smallest absolute Gasteiger partial charge is 0.161 e. The summed E-state index contributed by atoms with van der Waals surface area (Å²) >= 11 is 0. The molecule has 0 saturated heterocycles. The zero-order valence-electron chi connectivity index (χ0n) is 9.95. The molecule has 0 aliphatic carbocycles. The standard InChI is InChI=1S/C13H19NO2/c1-13(2,14)6-5-10-3-4-11-12(9-10)16-8-7-15-11/h3-4,9H,5-8,14H2,1-2H3. The Kier molecular flexibility index (Phi) is 3.06. The minimum atomic E-state index is -0.118. The quantitative estimate of drug-likeness (QED) is 0.850. The third kappa shape index (κ3) is 2.89. The third-order valence-corrected chi connectivity index (χ3v) is 2.66. The Labute approximate surface area is 96.5 Å². The molecule has 0 aromatic heterocycles. The Hall–Kier alpha value is -1.22. The molecule has 1 aromatic carbocycles. The number of benzene rings is 1. The molecule has 0 atom stereocenters. The van der Waals surface area contributed by atoms with E-state index in [9.17, 15) is 0 Å². The van der Waals surface area contributed by atoms with Crippen molar-refractivity contribution < 1.29 is 9.47 Å². The van der Waals surface area contributed by atoms with Crippen molar-refractivity contribution in [3.63, 3.8) is 0 Å². The molecule has 0 bridgehead atoms. The normalized spacial score (nSPS) is 14.9. The number of hydrogen-bond acceptors (Lipinski definition) is 3. The van der Waals surface area contributed by atoms with Gasteiger partial charge in [-0.15, -0.1) is 0 Å². The Morgan fingerprint density at radius 3 is 2.56 bits per heavy atom. The summed E-state index contributed by atoms with van der Waals surface area (Å²) in [5.41, 5.74) is 7.10. The van der Waals surface area contributed by atoms with E-state index in [4.69, 9.17) is 15.2 Å². The van der Waals surface area contributed by atoms with Gasteiger partial charge in [-0.25, -0.2) is 0 Å². The summed E-state index contributed by atoms with van der Waals surface area (Å²) in [6.45, 7) is 5.37. The van der Waals surface area contributed by atoms with E-state index in [1.165, 1.54) is 5.56 Å². The Balaban J connectivity index is 2.06. The van der Waals surface area contributed by atoms with Crippen LogP contribution in [0.3, 0.4) is 0 Å². The van der Waals surface area contributed by atoms with Gasteiger partial charge in [0.15, 0.2) is 11.5 Å². The molecular formula is C13H19NO2. The fourth-order valence-electron chi connectivity index (χ4n) is 1.71. The van der Waals surface area contributed by atoms with Gasteiger partial charge >= 0.3 is 0 Å². The second kappa shape index (κ2) is 4.34. The zero-order chi connectivity index (χ0) is 11.6. The third-order valence-electron chi connectivity index (χ3n) is 2.66. The zero-order valence-corrected chi connectivity index (χ0v) is 9.95. The minimum absolute atomic E-state index is 0.118. The summed E-state index contributed by atoms with van der Waals surface area (Å²) in [4.78, 5) is 0. The summed E-state index contributed by atoms with van der Waals surface area (Å²) < 4.78 is 11.0. The monoisotopic (exact) mass is 221 g/mol. The highest BCUT2D eigenvalue weighted by molar-refractivity contribution is 5.43. The van der Waals surface area contributed by atoms with Crippen molar-refractivity contribution in [1.82, 2.24) is 0 Å². The van der Waals surface area contributed by atoms with Crippen molar-refractivity contribution in [3.05, 3.63) is 23.8 Å². The van der Waals surface area contributed by atoms with Crippen LogP contribution in [0.15, 0.2) is 18.2 Å². The van der Waals surface area contributed by atoms with Crippen molar-refractivity contribution >= 4 is 0 Å². The largest absolute Gasteiger partial charge is 0.486 e. The first-order valence-electron chi connectivity index (χ1n) is 5.72. The lowest BCUT2D eigenvalue weighted by atomic mass is 9.96. The van der Waals surface area contributed by atoms with Crippen LogP contribution in [0.5, 0.6) is 11.5 Å². The predicted molar refractivity (Wildman–Crippen MR) is 64.0 cm³/mol. The first-order chi connectivity index (χ1) is 7.54. The van der Waals surface area contributed by atoms with Crippen molar-refractivity contribution in [2.75, 3.05) is 13.2 Å². The molecule has 2 N–H and O–H groups in total. The lowest BCUT2D eigenvalue weighted by Gasteiger charge is -2.21. The molecule has 0 unspecified atom stereocenters. The molecule has 0 amide bonds. The average molecular weight is 221 g/mol. The molecule has 2 rings (SSSR count). The number of hydrogen-bond donors (Lipinski definition) is 1. The molecular weight excluding hydrogens is 202 g/mol. The maximum atomic E-state index is 5.97. The number of fused-ring (bicyclic) bond motifs is 1. The van der Waals surface area contributed by atoms with Gasteiger partial charge in [0.2, 0.25) is 0 Å². The number of aryl methyl sites for hydroxylation is 1. The minimum Gasteiger partial charge on any atom is -0.486 e. The van der Waals surface area contributed by atoms with E-state index in [0.717, 1.165) is 24.3 Å². The molecule has 1 aliphatic rings. The van der Waals surface area contributed by atoms with Gasteiger partial charge in [0.1, 0.15) is 13.2 Å². The lowest BCUT2D eigenvalue weighted by Crippen LogP contribution is -2.32. The molecule has 1 heterocycles. The van der Waals surface area contributed by atoms with E-state index in [0.29, 0.717) is 13.2 Å². The first-order valence-corrected chi connectivity index (χ1v) is 5.72. The highest BCUT2D eigenvalue weighted by Crippen LogP contribution is 2.31. The summed E-state index contributed by atoms with van der Waals surface area (Å²) in [6.07, 6.45) is 1.94. The van der Waals surface area contributed by atoms with E-state index in [-0.39, 0.29) is 5.54 Å². The van der Waals surface area contributed by atoms with Gasteiger partial charge in [0.05, 0.1) is 0 Å². The Morgan fingerprint density at radius 2 is 1.88 bits per heavy atom. The molecule has 0 saturated carbocycles. The Bertz CT molecular complexity index is 369. The van der Waals surface area contributed by atoms with Gasteiger partial charge in [-0.05, 0) is 44.4 Å². The van der Waals surface area contributed by atoms with Crippen molar-refractivity contribution in [2.45, 2.75) is 32.2 Å². The maximum absolute atomic E-state index is 5.97.